The Balaban J connectivity index is 1.65. The summed E-state index contributed by atoms with van der Waals surface area (Å²) in [7, 11) is 0. The van der Waals surface area contributed by atoms with Crippen molar-refractivity contribution in [3.63, 3.8) is 0 Å². The molecule has 0 aliphatic heterocycles. The number of carbonyl (C=O) groups is 1. The van der Waals surface area contributed by atoms with Crippen LogP contribution in [0.5, 0.6) is 0 Å². The van der Waals surface area contributed by atoms with E-state index in [1.807, 2.05) is 6.92 Å². The first-order valence-corrected chi connectivity index (χ1v) is 8.39. The van der Waals surface area contributed by atoms with Gasteiger partial charge in [-0.3, -0.25) is 4.79 Å². The molecule has 2 saturated carbocycles. The van der Waals surface area contributed by atoms with E-state index < -0.39 is 0 Å². The standard InChI is InChI=1S/C17H22BrNO/c1-10-5-11(2)17(15(18)6-10)19-16(20)9-14-8-12-3-4-13(14)7-12/h5-6,12-14H,3-4,7-9H2,1-2H3,(H,19,20). The number of rotatable bonds is 3. The molecule has 3 unspecified atom stereocenters. The summed E-state index contributed by atoms with van der Waals surface area (Å²) in [5.74, 6) is 2.52. The molecule has 2 nitrogen and oxygen atoms in total. The van der Waals surface area contributed by atoms with Crippen LogP contribution < -0.4 is 5.32 Å². The van der Waals surface area contributed by atoms with E-state index in [0.717, 1.165) is 27.6 Å². The lowest BCUT2D eigenvalue weighted by Gasteiger charge is -2.21. The van der Waals surface area contributed by atoms with Crippen molar-refractivity contribution in [1.29, 1.82) is 0 Å². The van der Waals surface area contributed by atoms with Gasteiger partial charge in [-0.2, -0.15) is 0 Å². The third kappa shape index (κ3) is 2.78. The highest BCUT2D eigenvalue weighted by Crippen LogP contribution is 2.49. The summed E-state index contributed by atoms with van der Waals surface area (Å²) in [6, 6.07) is 4.16. The van der Waals surface area contributed by atoms with Crippen LogP contribution in [0.2, 0.25) is 0 Å². The first kappa shape index (κ1) is 14.1. The van der Waals surface area contributed by atoms with Crippen LogP contribution in [0.15, 0.2) is 16.6 Å². The predicted molar refractivity (Wildman–Crippen MR) is 85.8 cm³/mol. The zero-order valence-corrected chi connectivity index (χ0v) is 13.8. The SMILES string of the molecule is Cc1cc(C)c(NC(=O)CC2CC3CCC2C3)c(Br)c1. The molecular formula is C17H22BrNO. The van der Waals surface area contributed by atoms with Crippen LogP contribution in [0, 0.1) is 31.6 Å². The Morgan fingerprint density at radius 3 is 2.70 bits per heavy atom. The fourth-order valence-corrected chi connectivity index (χ4v) is 4.90. The average Bonchev–Trinajstić information content (AvgIpc) is 2.95. The highest BCUT2D eigenvalue weighted by Gasteiger charge is 2.40. The quantitative estimate of drug-likeness (QED) is 0.841. The van der Waals surface area contributed by atoms with Crippen LogP contribution in [0.4, 0.5) is 5.69 Å². The molecule has 108 valence electrons. The molecule has 2 aliphatic rings. The number of hydrogen-bond acceptors (Lipinski definition) is 1. The van der Waals surface area contributed by atoms with Crippen molar-refractivity contribution in [3.8, 4) is 0 Å². The molecule has 1 aromatic carbocycles. The maximum Gasteiger partial charge on any atom is 0.224 e. The van der Waals surface area contributed by atoms with Gasteiger partial charge in [-0.25, -0.2) is 0 Å². The summed E-state index contributed by atoms with van der Waals surface area (Å²) in [6.45, 7) is 4.11. The Hall–Kier alpha value is -0.830. The van der Waals surface area contributed by atoms with E-state index in [2.05, 4.69) is 40.3 Å². The molecule has 2 aliphatic carbocycles. The molecule has 3 heteroatoms. The van der Waals surface area contributed by atoms with Crippen LogP contribution in [-0.2, 0) is 4.79 Å². The van der Waals surface area contributed by atoms with Gasteiger partial charge in [0.25, 0.3) is 0 Å². The van der Waals surface area contributed by atoms with E-state index in [-0.39, 0.29) is 5.91 Å². The van der Waals surface area contributed by atoms with E-state index >= 15 is 0 Å². The Labute approximate surface area is 129 Å². The maximum absolute atomic E-state index is 12.3. The van der Waals surface area contributed by atoms with E-state index in [9.17, 15) is 4.79 Å². The van der Waals surface area contributed by atoms with Gasteiger partial charge >= 0.3 is 0 Å². The summed E-state index contributed by atoms with van der Waals surface area (Å²) in [5, 5.41) is 3.11. The second-order valence-corrected chi connectivity index (χ2v) is 7.48. The van der Waals surface area contributed by atoms with E-state index in [1.54, 1.807) is 0 Å². The molecule has 2 bridgehead atoms. The fraction of sp³-hybridized carbons (Fsp3) is 0.588. The van der Waals surface area contributed by atoms with Gasteiger partial charge < -0.3 is 5.32 Å². The van der Waals surface area contributed by atoms with Crippen LogP contribution in [0.25, 0.3) is 0 Å². The van der Waals surface area contributed by atoms with Crippen LogP contribution >= 0.6 is 15.9 Å². The fourth-order valence-electron chi connectivity index (χ4n) is 4.13. The zero-order chi connectivity index (χ0) is 14.3. The molecule has 0 heterocycles. The molecule has 1 aromatic rings. The number of carbonyl (C=O) groups excluding carboxylic acids is 1. The van der Waals surface area contributed by atoms with Crippen molar-refractivity contribution < 1.29 is 4.79 Å². The smallest absolute Gasteiger partial charge is 0.224 e. The molecule has 2 fully saturated rings. The zero-order valence-electron chi connectivity index (χ0n) is 12.2. The van der Waals surface area contributed by atoms with Crippen molar-refractivity contribution in [2.75, 3.05) is 5.32 Å². The number of nitrogens with one attached hydrogen (secondary N) is 1. The molecular weight excluding hydrogens is 314 g/mol. The summed E-state index contributed by atoms with van der Waals surface area (Å²) in [6.07, 6.45) is 6.07. The van der Waals surface area contributed by atoms with Gasteiger partial charge in [0.2, 0.25) is 5.91 Å². The van der Waals surface area contributed by atoms with Gasteiger partial charge in [0.05, 0.1) is 5.69 Å². The Morgan fingerprint density at radius 2 is 2.10 bits per heavy atom. The lowest BCUT2D eigenvalue weighted by atomic mass is 9.86. The topological polar surface area (TPSA) is 29.1 Å². The van der Waals surface area contributed by atoms with E-state index in [4.69, 9.17) is 0 Å². The largest absolute Gasteiger partial charge is 0.325 e. The third-order valence-electron chi connectivity index (χ3n) is 5.03. The van der Waals surface area contributed by atoms with Gasteiger partial charge in [-0.05, 0) is 84.0 Å². The minimum atomic E-state index is 0.176. The van der Waals surface area contributed by atoms with Crippen LogP contribution in [0.3, 0.4) is 0 Å². The summed E-state index contributed by atoms with van der Waals surface area (Å²) < 4.78 is 0.983. The first-order valence-electron chi connectivity index (χ1n) is 7.59. The van der Waals surface area contributed by atoms with Gasteiger partial charge in [0.15, 0.2) is 0 Å². The third-order valence-corrected chi connectivity index (χ3v) is 5.65. The molecule has 1 N–H and O–H groups in total. The van der Waals surface area contributed by atoms with Crippen LogP contribution in [0.1, 0.15) is 43.2 Å². The van der Waals surface area contributed by atoms with Crippen molar-refractivity contribution in [2.45, 2.75) is 46.0 Å². The summed E-state index contributed by atoms with van der Waals surface area (Å²) in [5.41, 5.74) is 3.27. The Morgan fingerprint density at radius 1 is 1.30 bits per heavy atom. The molecule has 0 spiro atoms. The highest BCUT2D eigenvalue weighted by atomic mass is 79.9. The minimum Gasteiger partial charge on any atom is -0.325 e. The number of benzene rings is 1. The summed E-state index contributed by atoms with van der Waals surface area (Å²) in [4.78, 5) is 12.3. The van der Waals surface area contributed by atoms with E-state index in [0.29, 0.717) is 12.3 Å². The molecule has 0 aromatic heterocycles. The normalized spacial score (nSPS) is 27.9. The van der Waals surface area contributed by atoms with Crippen LogP contribution in [-0.4, -0.2) is 5.91 Å². The monoisotopic (exact) mass is 335 g/mol. The second kappa shape index (κ2) is 5.51. The maximum atomic E-state index is 12.3. The van der Waals surface area contributed by atoms with Gasteiger partial charge in [-0.1, -0.05) is 12.5 Å². The molecule has 20 heavy (non-hydrogen) atoms. The van der Waals surface area contributed by atoms with Crippen molar-refractivity contribution in [1.82, 2.24) is 0 Å². The van der Waals surface area contributed by atoms with E-state index in [1.165, 1.54) is 31.2 Å². The molecule has 0 radical (unpaired) electrons. The number of fused-ring (bicyclic) bond motifs is 2. The van der Waals surface area contributed by atoms with Gasteiger partial charge in [0, 0.05) is 10.9 Å². The second-order valence-electron chi connectivity index (χ2n) is 6.63. The van der Waals surface area contributed by atoms with Crippen molar-refractivity contribution >= 4 is 27.5 Å². The number of anilines is 1. The molecule has 0 saturated heterocycles. The highest BCUT2D eigenvalue weighted by molar-refractivity contribution is 9.10. The van der Waals surface area contributed by atoms with Crippen molar-refractivity contribution in [2.24, 2.45) is 17.8 Å². The van der Waals surface area contributed by atoms with Crippen molar-refractivity contribution in [3.05, 3.63) is 27.7 Å². The molecule has 3 rings (SSSR count). The van der Waals surface area contributed by atoms with Gasteiger partial charge in [-0.15, -0.1) is 0 Å². The molecule has 3 atom stereocenters. The number of amides is 1. The molecule has 1 amide bonds. The lowest BCUT2D eigenvalue weighted by molar-refractivity contribution is -0.117. The predicted octanol–water partition coefficient (Wildman–Crippen LogP) is 4.83. The minimum absolute atomic E-state index is 0.176. The van der Waals surface area contributed by atoms with Gasteiger partial charge in [0.1, 0.15) is 0 Å². The number of aryl methyl sites for hydroxylation is 2. The lowest BCUT2D eigenvalue weighted by Crippen LogP contribution is -2.20. The number of halogens is 1. The number of hydrogen-bond donors (Lipinski definition) is 1. The average molecular weight is 336 g/mol. The first-order chi connectivity index (χ1) is 9.52. The Kier molecular flexibility index (Phi) is 3.89. The summed E-state index contributed by atoms with van der Waals surface area (Å²) >= 11 is 3.56. The Bertz CT molecular complexity index is 517.